The predicted molar refractivity (Wildman–Crippen MR) is 71.1 cm³/mol. The third kappa shape index (κ3) is 2.77. The lowest BCUT2D eigenvalue weighted by atomic mass is 10.3. The van der Waals surface area contributed by atoms with Crippen molar-refractivity contribution in [1.82, 2.24) is 0 Å². The normalized spacial score (nSPS) is 12.6. The lowest BCUT2D eigenvalue weighted by Gasteiger charge is -2.04. The van der Waals surface area contributed by atoms with Crippen LogP contribution in [0.5, 0.6) is 0 Å². The number of nitrogens with zero attached hydrogens (tertiary/aromatic N) is 1. The van der Waals surface area contributed by atoms with Crippen molar-refractivity contribution in [2.45, 2.75) is 4.90 Å². The van der Waals surface area contributed by atoms with Gasteiger partial charge in [0, 0.05) is 0 Å². The van der Waals surface area contributed by atoms with Crippen LogP contribution in [0, 0.1) is 0 Å². The first kappa shape index (κ1) is 12.8. The summed E-state index contributed by atoms with van der Waals surface area (Å²) in [5.41, 5.74) is 0.161. The summed E-state index contributed by atoms with van der Waals surface area (Å²) in [5.74, 6) is -0.311. The molecule has 4 nitrogen and oxygen atoms in total. The Morgan fingerprint density at radius 3 is 2.44 bits per heavy atom. The highest BCUT2D eigenvalue weighted by atomic mass is 32.2. The number of sulfone groups is 1. The van der Waals surface area contributed by atoms with Gasteiger partial charge in [0.15, 0.2) is 9.84 Å². The largest absolute Gasteiger partial charge is 0.411 e. The number of rotatable bonds is 4. The van der Waals surface area contributed by atoms with Crippen molar-refractivity contribution in [1.29, 1.82) is 0 Å². The number of oxime groups is 1. The van der Waals surface area contributed by atoms with Gasteiger partial charge in [-0.3, -0.25) is 0 Å². The van der Waals surface area contributed by atoms with Gasteiger partial charge < -0.3 is 5.21 Å². The van der Waals surface area contributed by atoms with Crippen molar-refractivity contribution in [2.24, 2.45) is 5.16 Å². The summed E-state index contributed by atoms with van der Waals surface area (Å²) in [6, 6.07) is 11.6. The molecule has 0 unspecified atom stereocenters. The van der Waals surface area contributed by atoms with E-state index in [0.717, 1.165) is 0 Å². The fourth-order valence-corrected chi connectivity index (χ4v) is 3.60. The Morgan fingerprint density at radius 2 is 1.89 bits per heavy atom. The van der Waals surface area contributed by atoms with Crippen molar-refractivity contribution in [2.75, 3.05) is 5.75 Å². The average Bonchev–Trinajstić information content (AvgIpc) is 2.91. The maximum Gasteiger partial charge on any atom is 0.184 e. The highest BCUT2D eigenvalue weighted by Crippen LogP contribution is 2.16. The molecule has 0 fully saturated rings. The summed E-state index contributed by atoms with van der Waals surface area (Å²) in [7, 11) is -3.48. The van der Waals surface area contributed by atoms with E-state index in [4.69, 9.17) is 5.21 Å². The Morgan fingerprint density at radius 1 is 1.17 bits per heavy atom. The minimum atomic E-state index is -3.48. The second-order valence-corrected chi connectivity index (χ2v) is 6.53. The molecule has 0 aliphatic carbocycles. The minimum absolute atomic E-state index is 0.161. The SMILES string of the molecule is O=S(=O)(C/C(=N/O)c1cccs1)c1ccccc1. The Labute approximate surface area is 109 Å². The molecule has 1 N–H and O–H groups in total. The zero-order chi connectivity index (χ0) is 13.0. The van der Waals surface area contributed by atoms with Crippen LogP contribution in [0.1, 0.15) is 4.88 Å². The fourth-order valence-electron chi connectivity index (χ4n) is 1.48. The molecule has 1 aromatic carbocycles. The molecule has 2 rings (SSSR count). The number of thiophene rings is 1. The van der Waals surface area contributed by atoms with Crippen LogP contribution in [-0.2, 0) is 9.84 Å². The van der Waals surface area contributed by atoms with Crippen molar-refractivity contribution >= 4 is 26.9 Å². The van der Waals surface area contributed by atoms with E-state index in [-0.39, 0.29) is 16.4 Å². The zero-order valence-corrected chi connectivity index (χ0v) is 11.0. The van der Waals surface area contributed by atoms with Gasteiger partial charge in [-0.15, -0.1) is 11.3 Å². The van der Waals surface area contributed by atoms with Crippen LogP contribution in [0.15, 0.2) is 57.9 Å². The van der Waals surface area contributed by atoms with Gasteiger partial charge in [-0.2, -0.15) is 0 Å². The van der Waals surface area contributed by atoms with Crippen molar-refractivity contribution < 1.29 is 13.6 Å². The van der Waals surface area contributed by atoms with Crippen LogP contribution >= 0.6 is 11.3 Å². The molecule has 0 spiro atoms. The van der Waals surface area contributed by atoms with Gasteiger partial charge in [0.2, 0.25) is 0 Å². The molecular formula is C12H11NO3S2. The Bertz CT molecular complexity index is 631. The van der Waals surface area contributed by atoms with E-state index in [1.165, 1.54) is 23.5 Å². The van der Waals surface area contributed by atoms with E-state index in [0.29, 0.717) is 4.88 Å². The number of hydrogen-bond acceptors (Lipinski definition) is 5. The van der Waals surface area contributed by atoms with E-state index >= 15 is 0 Å². The molecule has 0 radical (unpaired) electrons. The first-order valence-corrected chi connectivity index (χ1v) is 7.69. The fraction of sp³-hybridized carbons (Fsp3) is 0.0833. The molecule has 0 saturated carbocycles. The summed E-state index contributed by atoms with van der Waals surface area (Å²) in [6.07, 6.45) is 0. The molecular weight excluding hydrogens is 270 g/mol. The van der Waals surface area contributed by atoms with Crippen LogP contribution in [0.2, 0.25) is 0 Å². The molecule has 0 saturated heterocycles. The van der Waals surface area contributed by atoms with Gasteiger partial charge in [0.1, 0.15) is 11.5 Å². The molecule has 94 valence electrons. The van der Waals surface area contributed by atoms with Crippen molar-refractivity contribution in [3.05, 3.63) is 52.7 Å². The van der Waals surface area contributed by atoms with Crippen LogP contribution < -0.4 is 0 Å². The van der Waals surface area contributed by atoms with Crippen molar-refractivity contribution in [3.63, 3.8) is 0 Å². The van der Waals surface area contributed by atoms with Crippen LogP contribution in [-0.4, -0.2) is 25.1 Å². The summed E-state index contributed by atoms with van der Waals surface area (Å²) in [4.78, 5) is 0.875. The number of hydrogen-bond donors (Lipinski definition) is 1. The van der Waals surface area contributed by atoms with E-state index in [2.05, 4.69) is 5.16 Å². The van der Waals surface area contributed by atoms with Gasteiger partial charge in [-0.05, 0) is 23.6 Å². The van der Waals surface area contributed by atoms with Gasteiger partial charge in [0.25, 0.3) is 0 Å². The topological polar surface area (TPSA) is 66.7 Å². The van der Waals surface area contributed by atoms with Crippen LogP contribution in [0.4, 0.5) is 0 Å². The third-order valence-electron chi connectivity index (χ3n) is 2.36. The van der Waals surface area contributed by atoms with E-state index in [9.17, 15) is 8.42 Å². The summed E-state index contributed by atoms with van der Waals surface area (Å²) in [6.45, 7) is 0. The van der Waals surface area contributed by atoms with Gasteiger partial charge >= 0.3 is 0 Å². The first-order chi connectivity index (χ1) is 8.63. The van der Waals surface area contributed by atoms with Gasteiger partial charge in [-0.25, -0.2) is 8.42 Å². The molecule has 1 heterocycles. The second kappa shape index (κ2) is 5.32. The molecule has 2 aromatic rings. The summed E-state index contributed by atoms with van der Waals surface area (Å²) < 4.78 is 24.2. The second-order valence-electron chi connectivity index (χ2n) is 3.60. The van der Waals surface area contributed by atoms with E-state index in [1.807, 2.05) is 0 Å². The molecule has 0 amide bonds. The van der Waals surface area contributed by atoms with E-state index < -0.39 is 9.84 Å². The quantitative estimate of drug-likeness (QED) is 0.531. The maximum absolute atomic E-state index is 12.1. The monoisotopic (exact) mass is 281 g/mol. The summed E-state index contributed by atoms with van der Waals surface area (Å²) in [5, 5.41) is 13.8. The van der Waals surface area contributed by atoms with Crippen molar-refractivity contribution in [3.8, 4) is 0 Å². The molecule has 0 bridgehead atoms. The maximum atomic E-state index is 12.1. The highest BCUT2D eigenvalue weighted by Gasteiger charge is 2.19. The van der Waals surface area contributed by atoms with Gasteiger partial charge in [0.05, 0.1) is 9.77 Å². The van der Waals surface area contributed by atoms with Crippen LogP contribution in [0.25, 0.3) is 0 Å². The Balaban J connectivity index is 2.29. The molecule has 0 atom stereocenters. The first-order valence-electron chi connectivity index (χ1n) is 5.16. The molecule has 0 aliphatic heterocycles. The Kier molecular flexibility index (Phi) is 3.78. The smallest absolute Gasteiger partial charge is 0.184 e. The highest BCUT2D eigenvalue weighted by molar-refractivity contribution is 7.92. The zero-order valence-electron chi connectivity index (χ0n) is 9.35. The molecule has 18 heavy (non-hydrogen) atoms. The summed E-state index contributed by atoms with van der Waals surface area (Å²) >= 11 is 1.34. The number of benzene rings is 1. The van der Waals surface area contributed by atoms with Crippen LogP contribution in [0.3, 0.4) is 0 Å². The minimum Gasteiger partial charge on any atom is -0.411 e. The predicted octanol–water partition coefficient (Wildman–Crippen LogP) is 2.40. The average molecular weight is 281 g/mol. The van der Waals surface area contributed by atoms with Gasteiger partial charge in [-0.1, -0.05) is 29.4 Å². The Hall–Kier alpha value is -1.66. The van der Waals surface area contributed by atoms with E-state index in [1.54, 1.807) is 35.7 Å². The molecule has 0 aliphatic rings. The lowest BCUT2D eigenvalue weighted by molar-refractivity contribution is 0.319. The third-order valence-corrected chi connectivity index (χ3v) is 4.92. The molecule has 1 aromatic heterocycles. The standard InChI is InChI=1S/C12H11NO3S2/c14-13-11(12-7-4-8-17-12)9-18(15,16)10-5-2-1-3-6-10/h1-8,14H,9H2/b13-11-. The lowest BCUT2D eigenvalue weighted by Crippen LogP contribution is -2.16. The molecule has 6 heteroatoms.